The topological polar surface area (TPSA) is 50.2 Å². The van der Waals surface area contributed by atoms with Gasteiger partial charge in [-0.2, -0.15) is 0 Å². The summed E-state index contributed by atoms with van der Waals surface area (Å²) in [5.74, 6) is 6.25. The lowest BCUT2D eigenvalue weighted by Gasteiger charge is -2.32. The zero-order valence-electron chi connectivity index (χ0n) is 14.7. The van der Waals surface area contributed by atoms with Gasteiger partial charge in [0.25, 0.3) is 0 Å². The predicted molar refractivity (Wildman–Crippen MR) is 101 cm³/mol. The molecule has 1 aliphatic rings. The highest BCUT2D eigenvalue weighted by Gasteiger charge is 2.27. The van der Waals surface area contributed by atoms with Crippen molar-refractivity contribution in [3.63, 3.8) is 0 Å². The fourth-order valence-corrected chi connectivity index (χ4v) is 4.56. The van der Waals surface area contributed by atoms with Gasteiger partial charge in [-0.15, -0.1) is 11.8 Å². The van der Waals surface area contributed by atoms with Gasteiger partial charge in [-0.3, -0.25) is 0 Å². The highest BCUT2D eigenvalue weighted by molar-refractivity contribution is 7.99. The third-order valence-electron chi connectivity index (χ3n) is 4.65. The van der Waals surface area contributed by atoms with E-state index in [1.54, 1.807) is 12.3 Å². The maximum Gasteiger partial charge on any atom is 0.338 e. The van der Waals surface area contributed by atoms with Crippen LogP contribution in [0.4, 0.5) is 0 Å². The lowest BCUT2D eigenvalue weighted by Crippen LogP contribution is -2.22. The molecule has 0 spiro atoms. The number of carbonyl (C=O) groups is 1. The molecule has 1 N–H and O–H groups in total. The molecule has 3 rings (SSSR count). The summed E-state index contributed by atoms with van der Waals surface area (Å²) in [4.78, 5) is 17.1. The van der Waals surface area contributed by atoms with Crippen LogP contribution in [0.5, 0.6) is 0 Å². The van der Waals surface area contributed by atoms with E-state index >= 15 is 0 Å². The second kappa shape index (κ2) is 6.93. The lowest BCUT2D eigenvalue weighted by molar-refractivity contribution is 0.0695. The molecule has 0 bridgehead atoms. The zero-order valence-corrected chi connectivity index (χ0v) is 15.5. The summed E-state index contributed by atoms with van der Waals surface area (Å²) >= 11 is 1.89. The number of aromatic nitrogens is 1. The molecule has 1 aromatic carbocycles. The van der Waals surface area contributed by atoms with Gasteiger partial charge in [-0.1, -0.05) is 26.7 Å². The normalized spacial score (nSPS) is 15.0. The summed E-state index contributed by atoms with van der Waals surface area (Å²) in [5, 5.41) is 9.49. The molecule has 3 nitrogen and oxygen atoms in total. The number of aromatic carboxylic acids is 1. The Labute approximate surface area is 152 Å². The van der Waals surface area contributed by atoms with Crippen LogP contribution in [0.2, 0.25) is 0 Å². The number of carboxylic acid groups (broad SMARTS) is 1. The Kier molecular flexibility index (Phi) is 4.87. The maximum atomic E-state index is 11.6. The number of thioether (sulfide) groups is 1. The monoisotopic (exact) mass is 351 g/mol. The number of rotatable bonds is 2. The molecule has 0 fully saturated rings. The standard InChI is InChI=1S/C21H21NO2S/c1-4-15-9-11-22-17(19(15)20(23)24)7-5-14-6-8-18-16(13-14)21(2,3)10-12-25-18/h6,8-9,11,13H,4,10,12H2,1-3H3,(H,23,24). The quantitative estimate of drug-likeness (QED) is 0.809. The Morgan fingerprint density at radius 1 is 1.32 bits per heavy atom. The van der Waals surface area contributed by atoms with Crippen LogP contribution < -0.4 is 0 Å². The van der Waals surface area contributed by atoms with Crippen molar-refractivity contribution < 1.29 is 9.90 Å². The van der Waals surface area contributed by atoms with Crippen molar-refractivity contribution in [1.29, 1.82) is 0 Å². The molecule has 1 aromatic heterocycles. The van der Waals surface area contributed by atoms with Gasteiger partial charge in [0, 0.05) is 16.7 Å². The molecular formula is C21H21NO2S. The van der Waals surface area contributed by atoms with E-state index in [0.29, 0.717) is 12.1 Å². The number of pyridine rings is 1. The lowest BCUT2D eigenvalue weighted by atomic mass is 9.81. The van der Waals surface area contributed by atoms with Gasteiger partial charge in [0.05, 0.1) is 5.56 Å². The van der Waals surface area contributed by atoms with Gasteiger partial charge in [0.1, 0.15) is 5.69 Å². The van der Waals surface area contributed by atoms with Gasteiger partial charge < -0.3 is 5.11 Å². The Hall–Kier alpha value is -2.25. The van der Waals surface area contributed by atoms with Crippen molar-refractivity contribution in [3.8, 4) is 11.8 Å². The summed E-state index contributed by atoms with van der Waals surface area (Å²) in [5.41, 5.74) is 3.67. The predicted octanol–water partition coefficient (Wildman–Crippen LogP) is 4.52. The summed E-state index contributed by atoms with van der Waals surface area (Å²) in [6.07, 6.45) is 3.41. The smallest absolute Gasteiger partial charge is 0.338 e. The molecular weight excluding hydrogens is 330 g/mol. The van der Waals surface area contributed by atoms with E-state index in [1.807, 2.05) is 24.8 Å². The first kappa shape index (κ1) is 17.6. The number of nitrogens with zero attached hydrogens (tertiary/aromatic N) is 1. The van der Waals surface area contributed by atoms with E-state index in [0.717, 1.165) is 23.3 Å². The number of hydrogen-bond acceptors (Lipinski definition) is 3. The number of hydrogen-bond donors (Lipinski definition) is 1. The molecule has 2 heterocycles. The molecule has 0 atom stereocenters. The average Bonchev–Trinajstić information content (AvgIpc) is 2.59. The number of fused-ring (bicyclic) bond motifs is 1. The highest BCUT2D eigenvalue weighted by atomic mass is 32.2. The SMILES string of the molecule is CCc1ccnc(C#Cc2ccc3c(c2)C(C)(C)CCS3)c1C(=O)O. The average molecular weight is 351 g/mol. The van der Waals surface area contributed by atoms with Gasteiger partial charge in [0.15, 0.2) is 0 Å². The third-order valence-corrected chi connectivity index (χ3v) is 5.73. The largest absolute Gasteiger partial charge is 0.478 e. The Morgan fingerprint density at radius 3 is 2.84 bits per heavy atom. The van der Waals surface area contributed by atoms with E-state index in [4.69, 9.17) is 0 Å². The summed E-state index contributed by atoms with van der Waals surface area (Å²) in [6, 6.07) is 8.01. The van der Waals surface area contributed by atoms with Crippen molar-refractivity contribution in [2.24, 2.45) is 0 Å². The molecule has 128 valence electrons. The minimum absolute atomic E-state index is 0.144. The summed E-state index contributed by atoms with van der Waals surface area (Å²) in [6.45, 7) is 6.46. The molecule has 0 radical (unpaired) electrons. The third kappa shape index (κ3) is 3.57. The van der Waals surface area contributed by atoms with E-state index in [1.165, 1.54) is 10.5 Å². The zero-order chi connectivity index (χ0) is 18.0. The second-order valence-corrected chi connectivity index (χ2v) is 7.93. The molecule has 0 aliphatic carbocycles. The molecule has 0 saturated carbocycles. The van der Waals surface area contributed by atoms with Crippen LogP contribution in [-0.2, 0) is 11.8 Å². The Balaban J connectivity index is 2.02. The van der Waals surface area contributed by atoms with E-state index in [2.05, 4.69) is 42.8 Å². The number of carboxylic acids is 1. The first-order valence-electron chi connectivity index (χ1n) is 8.43. The first-order valence-corrected chi connectivity index (χ1v) is 9.41. The fourth-order valence-electron chi connectivity index (χ4n) is 3.07. The number of benzene rings is 1. The molecule has 0 saturated heterocycles. The Bertz CT molecular complexity index is 890. The molecule has 25 heavy (non-hydrogen) atoms. The maximum absolute atomic E-state index is 11.6. The van der Waals surface area contributed by atoms with Crippen molar-refractivity contribution in [1.82, 2.24) is 4.98 Å². The van der Waals surface area contributed by atoms with Crippen molar-refractivity contribution in [2.45, 2.75) is 43.9 Å². The van der Waals surface area contributed by atoms with Gasteiger partial charge in [-0.25, -0.2) is 9.78 Å². The minimum atomic E-state index is -0.975. The van der Waals surface area contributed by atoms with E-state index in [-0.39, 0.29) is 11.0 Å². The van der Waals surface area contributed by atoms with Crippen LogP contribution in [0.15, 0.2) is 35.4 Å². The molecule has 1 aliphatic heterocycles. The minimum Gasteiger partial charge on any atom is -0.478 e. The molecule has 0 amide bonds. The summed E-state index contributed by atoms with van der Waals surface area (Å²) in [7, 11) is 0. The highest BCUT2D eigenvalue weighted by Crippen LogP contribution is 2.41. The molecule has 4 heteroatoms. The molecule has 0 unspecified atom stereocenters. The van der Waals surface area contributed by atoms with Crippen LogP contribution in [0.25, 0.3) is 0 Å². The van der Waals surface area contributed by atoms with Crippen LogP contribution in [0, 0.1) is 11.8 Å². The van der Waals surface area contributed by atoms with Gasteiger partial charge in [0.2, 0.25) is 0 Å². The van der Waals surface area contributed by atoms with Crippen LogP contribution >= 0.6 is 11.8 Å². The van der Waals surface area contributed by atoms with Crippen LogP contribution in [0.1, 0.15) is 59.9 Å². The van der Waals surface area contributed by atoms with Crippen LogP contribution in [0.3, 0.4) is 0 Å². The van der Waals surface area contributed by atoms with Gasteiger partial charge in [-0.05, 0) is 65.3 Å². The first-order chi connectivity index (χ1) is 11.9. The van der Waals surface area contributed by atoms with E-state index in [9.17, 15) is 9.90 Å². The second-order valence-electron chi connectivity index (χ2n) is 6.80. The van der Waals surface area contributed by atoms with E-state index < -0.39 is 5.97 Å². The Morgan fingerprint density at radius 2 is 2.12 bits per heavy atom. The number of aryl methyl sites for hydroxylation is 1. The van der Waals surface area contributed by atoms with Crippen molar-refractivity contribution >= 4 is 17.7 Å². The molecule has 2 aromatic rings. The van der Waals surface area contributed by atoms with Crippen LogP contribution in [-0.4, -0.2) is 21.8 Å². The summed E-state index contributed by atoms with van der Waals surface area (Å²) < 4.78 is 0. The fraction of sp³-hybridized carbons (Fsp3) is 0.333. The van der Waals surface area contributed by atoms with Crippen molar-refractivity contribution in [2.75, 3.05) is 5.75 Å². The van der Waals surface area contributed by atoms with Gasteiger partial charge >= 0.3 is 5.97 Å². The van der Waals surface area contributed by atoms with Crippen molar-refractivity contribution in [3.05, 3.63) is 58.4 Å².